The fourth-order valence-electron chi connectivity index (χ4n) is 3.04. The summed E-state index contributed by atoms with van der Waals surface area (Å²) in [6.45, 7) is 3.89. The van der Waals surface area contributed by atoms with E-state index in [9.17, 15) is 0 Å². The summed E-state index contributed by atoms with van der Waals surface area (Å²) in [6.07, 6.45) is 6.26. The topological polar surface area (TPSA) is 3.24 Å². The molecule has 23 heavy (non-hydrogen) atoms. The molecule has 1 heteroatoms. The molecule has 0 aliphatic carbocycles. The van der Waals surface area contributed by atoms with Crippen LogP contribution in [0.25, 0.3) is 18.2 Å². The van der Waals surface area contributed by atoms with E-state index >= 15 is 0 Å². The van der Waals surface area contributed by atoms with Gasteiger partial charge in [0.25, 0.3) is 0 Å². The molecule has 1 aliphatic rings. The van der Waals surface area contributed by atoms with E-state index in [4.69, 9.17) is 0 Å². The van der Waals surface area contributed by atoms with Gasteiger partial charge in [0.1, 0.15) is 0 Å². The molecule has 1 nitrogen and oxygen atoms in total. The minimum atomic E-state index is 1.12. The second-order valence-electron chi connectivity index (χ2n) is 5.59. The highest BCUT2D eigenvalue weighted by atomic mass is 15.1. The summed E-state index contributed by atoms with van der Waals surface area (Å²) in [4.78, 5) is 2.32. The Labute approximate surface area is 136 Å². The Morgan fingerprint density at radius 2 is 1.30 bits per heavy atom. The van der Waals surface area contributed by atoms with Crippen molar-refractivity contribution in [2.24, 2.45) is 0 Å². The highest BCUT2D eigenvalue weighted by Crippen LogP contribution is 2.41. The van der Waals surface area contributed by atoms with Crippen molar-refractivity contribution in [3.63, 3.8) is 0 Å². The van der Waals surface area contributed by atoms with Gasteiger partial charge in [0.05, 0.1) is 11.4 Å². The molecule has 1 heterocycles. The first-order chi connectivity index (χ1) is 11.4. The van der Waals surface area contributed by atoms with E-state index in [1.807, 2.05) is 6.08 Å². The molecule has 4 rings (SSSR count). The number of anilines is 3. The summed E-state index contributed by atoms with van der Waals surface area (Å²) in [6, 6.07) is 25.5. The van der Waals surface area contributed by atoms with Crippen LogP contribution in [-0.2, 0) is 0 Å². The molecule has 0 bridgehead atoms. The Bertz CT molecular complexity index is 856. The molecule has 0 saturated carbocycles. The van der Waals surface area contributed by atoms with Gasteiger partial charge in [0, 0.05) is 5.69 Å². The standard InChI is InChI=1S/C22H17N/c1-2-17-8-7-11-20(16-17)23-21-12-5-3-9-18(21)14-15-19-10-4-6-13-22(19)23/h2-16H,1H2. The van der Waals surface area contributed by atoms with Crippen molar-refractivity contribution in [2.75, 3.05) is 4.90 Å². The van der Waals surface area contributed by atoms with Crippen molar-refractivity contribution in [1.29, 1.82) is 0 Å². The smallest absolute Gasteiger partial charge is 0.0534 e. The normalized spacial score (nSPS) is 12.3. The Balaban J connectivity index is 2.00. The summed E-state index contributed by atoms with van der Waals surface area (Å²) in [5, 5.41) is 0. The van der Waals surface area contributed by atoms with E-state index in [1.165, 1.54) is 22.5 Å². The number of para-hydroxylation sites is 2. The molecule has 0 fully saturated rings. The number of rotatable bonds is 2. The molecule has 0 amide bonds. The second-order valence-corrected chi connectivity index (χ2v) is 5.59. The van der Waals surface area contributed by atoms with Crippen LogP contribution < -0.4 is 4.90 Å². The first-order valence-electron chi connectivity index (χ1n) is 7.75. The van der Waals surface area contributed by atoms with Crippen LogP contribution in [0.2, 0.25) is 0 Å². The SMILES string of the molecule is C=Cc1cccc(N2c3ccccc3C=Cc3ccccc32)c1. The van der Waals surface area contributed by atoms with Gasteiger partial charge in [0.2, 0.25) is 0 Å². The van der Waals surface area contributed by atoms with E-state index in [-0.39, 0.29) is 0 Å². The highest BCUT2D eigenvalue weighted by Gasteiger charge is 2.19. The molecule has 0 aromatic heterocycles. The van der Waals surface area contributed by atoms with Crippen molar-refractivity contribution in [3.05, 3.63) is 96.1 Å². The van der Waals surface area contributed by atoms with E-state index < -0.39 is 0 Å². The summed E-state index contributed by atoms with van der Waals surface area (Å²) < 4.78 is 0. The Kier molecular flexibility index (Phi) is 3.32. The van der Waals surface area contributed by atoms with Gasteiger partial charge in [-0.1, -0.05) is 73.3 Å². The van der Waals surface area contributed by atoms with Crippen molar-refractivity contribution in [1.82, 2.24) is 0 Å². The average molecular weight is 295 g/mol. The molecule has 0 radical (unpaired) electrons. The van der Waals surface area contributed by atoms with Crippen molar-refractivity contribution >= 4 is 35.3 Å². The Hall–Kier alpha value is -3.06. The zero-order valence-corrected chi connectivity index (χ0v) is 12.8. The maximum Gasteiger partial charge on any atom is 0.0534 e. The predicted molar refractivity (Wildman–Crippen MR) is 100 cm³/mol. The van der Waals surface area contributed by atoms with Gasteiger partial charge < -0.3 is 4.90 Å². The van der Waals surface area contributed by atoms with E-state index in [2.05, 4.69) is 96.4 Å². The number of fused-ring (bicyclic) bond motifs is 2. The van der Waals surface area contributed by atoms with Crippen LogP contribution in [0.4, 0.5) is 17.1 Å². The number of hydrogen-bond acceptors (Lipinski definition) is 1. The monoisotopic (exact) mass is 295 g/mol. The molecule has 0 N–H and O–H groups in total. The minimum Gasteiger partial charge on any atom is -0.309 e. The fraction of sp³-hybridized carbons (Fsp3) is 0. The second kappa shape index (κ2) is 5.62. The zero-order chi connectivity index (χ0) is 15.6. The van der Waals surface area contributed by atoms with Gasteiger partial charge in [-0.3, -0.25) is 0 Å². The largest absolute Gasteiger partial charge is 0.309 e. The molecule has 3 aromatic carbocycles. The summed E-state index contributed by atoms with van der Waals surface area (Å²) in [5.41, 5.74) is 7.07. The van der Waals surface area contributed by atoms with Gasteiger partial charge in [-0.2, -0.15) is 0 Å². The summed E-state index contributed by atoms with van der Waals surface area (Å²) in [5.74, 6) is 0. The molecule has 110 valence electrons. The molecular weight excluding hydrogens is 278 g/mol. The third kappa shape index (κ3) is 2.36. The number of hydrogen-bond donors (Lipinski definition) is 0. The summed E-state index contributed by atoms with van der Waals surface area (Å²) >= 11 is 0. The van der Waals surface area contributed by atoms with Crippen LogP contribution in [0.1, 0.15) is 16.7 Å². The van der Waals surface area contributed by atoms with Crippen molar-refractivity contribution in [2.45, 2.75) is 0 Å². The number of benzene rings is 3. The highest BCUT2D eigenvalue weighted by molar-refractivity contribution is 5.93. The van der Waals surface area contributed by atoms with Gasteiger partial charge in [-0.15, -0.1) is 0 Å². The molecule has 1 aliphatic heterocycles. The number of nitrogens with zero attached hydrogens (tertiary/aromatic N) is 1. The van der Waals surface area contributed by atoms with Crippen molar-refractivity contribution in [3.8, 4) is 0 Å². The first-order valence-corrected chi connectivity index (χ1v) is 7.75. The molecular formula is C22H17N. The van der Waals surface area contributed by atoms with Crippen LogP contribution in [0.5, 0.6) is 0 Å². The van der Waals surface area contributed by atoms with Crippen molar-refractivity contribution < 1.29 is 0 Å². The Morgan fingerprint density at radius 3 is 1.91 bits per heavy atom. The average Bonchev–Trinajstić information content (AvgIpc) is 2.78. The molecule has 0 saturated heterocycles. The lowest BCUT2D eigenvalue weighted by Gasteiger charge is -2.27. The molecule has 0 unspecified atom stereocenters. The van der Waals surface area contributed by atoms with E-state index in [0.29, 0.717) is 0 Å². The summed E-state index contributed by atoms with van der Waals surface area (Å²) in [7, 11) is 0. The lowest BCUT2D eigenvalue weighted by molar-refractivity contribution is 1.27. The van der Waals surface area contributed by atoms with Crippen LogP contribution in [0.3, 0.4) is 0 Å². The first kappa shape index (κ1) is 13.6. The minimum absolute atomic E-state index is 1.12. The van der Waals surface area contributed by atoms with Crippen LogP contribution in [-0.4, -0.2) is 0 Å². The quantitative estimate of drug-likeness (QED) is 0.420. The molecule has 3 aromatic rings. The third-order valence-corrected chi connectivity index (χ3v) is 4.16. The zero-order valence-electron chi connectivity index (χ0n) is 12.8. The fourth-order valence-corrected chi connectivity index (χ4v) is 3.04. The lowest BCUT2D eigenvalue weighted by atomic mass is 10.1. The Morgan fingerprint density at radius 1 is 0.696 bits per heavy atom. The van der Waals surface area contributed by atoms with Gasteiger partial charge in [0.15, 0.2) is 0 Å². The van der Waals surface area contributed by atoms with Crippen LogP contribution in [0, 0.1) is 0 Å². The lowest BCUT2D eigenvalue weighted by Crippen LogP contribution is -2.11. The van der Waals surface area contributed by atoms with E-state index in [0.717, 1.165) is 11.3 Å². The van der Waals surface area contributed by atoms with Gasteiger partial charge in [-0.05, 0) is 41.0 Å². The van der Waals surface area contributed by atoms with Gasteiger partial charge >= 0.3 is 0 Å². The predicted octanol–water partition coefficient (Wildman–Crippen LogP) is 6.28. The molecule has 0 spiro atoms. The maximum atomic E-state index is 3.89. The molecule has 0 atom stereocenters. The van der Waals surface area contributed by atoms with E-state index in [1.54, 1.807) is 0 Å². The van der Waals surface area contributed by atoms with Crippen LogP contribution >= 0.6 is 0 Å². The maximum absolute atomic E-state index is 3.89. The van der Waals surface area contributed by atoms with Crippen LogP contribution in [0.15, 0.2) is 79.4 Å². The van der Waals surface area contributed by atoms with Gasteiger partial charge in [-0.25, -0.2) is 0 Å². The third-order valence-electron chi connectivity index (χ3n) is 4.16.